The quantitative estimate of drug-likeness (QED) is 0.849. The zero-order valence-electron chi connectivity index (χ0n) is 9.77. The Balaban J connectivity index is 2.06. The summed E-state index contributed by atoms with van der Waals surface area (Å²) in [7, 11) is 0. The summed E-state index contributed by atoms with van der Waals surface area (Å²) >= 11 is 11.9. The number of nitrogens with two attached hydrogens (primary N) is 1. The Morgan fingerprint density at radius 3 is 2.89 bits per heavy atom. The minimum absolute atomic E-state index is 0.0426. The molecule has 0 aliphatic carbocycles. The average molecular weight is 285 g/mol. The first kappa shape index (κ1) is 13.4. The summed E-state index contributed by atoms with van der Waals surface area (Å²) in [5.41, 5.74) is 6.49. The first-order valence-electron chi connectivity index (χ1n) is 5.74. The van der Waals surface area contributed by atoms with Crippen molar-refractivity contribution in [2.45, 2.75) is 12.5 Å². The summed E-state index contributed by atoms with van der Waals surface area (Å²) < 4.78 is 0. The van der Waals surface area contributed by atoms with E-state index in [9.17, 15) is 4.79 Å². The van der Waals surface area contributed by atoms with Gasteiger partial charge in [0.2, 0.25) is 5.91 Å². The standard InChI is InChI=1S/C13H14Cl2N2O/c14-10-2-3-12(15)9(7-10)1-4-13(18)17-6-5-11(16)8-17/h1-4,7,11H,5-6,8,16H2/b4-1+. The predicted molar refractivity (Wildman–Crippen MR) is 74.7 cm³/mol. The molecule has 1 aliphatic rings. The summed E-state index contributed by atoms with van der Waals surface area (Å²) in [4.78, 5) is 13.6. The Labute approximate surface area is 116 Å². The van der Waals surface area contributed by atoms with Gasteiger partial charge in [0.05, 0.1) is 0 Å². The number of hydrogen-bond donors (Lipinski definition) is 1. The highest BCUT2D eigenvalue weighted by Crippen LogP contribution is 2.22. The Kier molecular flexibility index (Phi) is 4.27. The highest BCUT2D eigenvalue weighted by Gasteiger charge is 2.21. The Hall–Kier alpha value is -1.03. The van der Waals surface area contributed by atoms with Gasteiger partial charge in [-0.2, -0.15) is 0 Å². The number of likely N-dealkylation sites (tertiary alicyclic amines) is 1. The number of halogens is 2. The van der Waals surface area contributed by atoms with Crippen LogP contribution >= 0.6 is 23.2 Å². The number of benzene rings is 1. The van der Waals surface area contributed by atoms with Gasteiger partial charge in [-0.1, -0.05) is 23.2 Å². The fourth-order valence-corrected chi connectivity index (χ4v) is 2.26. The van der Waals surface area contributed by atoms with Crippen LogP contribution in [0, 0.1) is 0 Å². The molecule has 2 N–H and O–H groups in total. The molecule has 0 spiro atoms. The molecule has 1 fully saturated rings. The van der Waals surface area contributed by atoms with E-state index in [-0.39, 0.29) is 11.9 Å². The van der Waals surface area contributed by atoms with Crippen LogP contribution in [0.2, 0.25) is 10.0 Å². The van der Waals surface area contributed by atoms with Gasteiger partial charge >= 0.3 is 0 Å². The highest BCUT2D eigenvalue weighted by atomic mass is 35.5. The normalized spacial score (nSPS) is 19.7. The third-order valence-electron chi connectivity index (χ3n) is 2.90. The van der Waals surface area contributed by atoms with Crippen LogP contribution < -0.4 is 5.73 Å². The van der Waals surface area contributed by atoms with Crippen LogP contribution in [0.1, 0.15) is 12.0 Å². The third-order valence-corrected chi connectivity index (χ3v) is 3.48. The van der Waals surface area contributed by atoms with Crippen LogP contribution in [-0.4, -0.2) is 29.9 Å². The molecule has 1 unspecified atom stereocenters. The summed E-state index contributed by atoms with van der Waals surface area (Å²) in [6, 6.07) is 5.24. The third kappa shape index (κ3) is 3.25. The molecule has 1 amide bonds. The van der Waals surface area contributed by atoms with Gasteiger partial charge in [0.15, 0.2) is 0 Å². The fraction of sp³-hybridized carbons (Fsp3) is 0.308. The van der Waals surface area contributed by atoms with Gasteiger partial charge in [0.1, 0.15) is 0 Å². The Morgan fingerprint density at radius 1 is 1.44 bits per heavy atom. The van der Waals surface area contributed by atoms with E-state index in [4.69, 9.17) is 28.9 Å². The monoisotopic (exact) mass is 284 g/mol. The van der Waals surface area contributed by atoms with E-state index in [0.29, 0.717) is 23.1 Å². The second-order valence-corrected chi connectivity index (χ2v) is 5.18. The van der Waals surface area contributed by atoms with Crippen molar-refractivity contribution in [3.05, 3.63) is 39.9 Å². The predicted octanol–water partition coefficient (Wildman–Crippen LogP) is 2.57. The van der Waals surface area contributed by atoms with Crippen LogP contribution in [0.5, 0.6) is 0 Å². The number of rotatable bonds is 2. The zero-order chi connectivity index (χ0) is 13.1. The highest BCUT2D eigenvalue weighted by molar-refractivity contribution is 6.34. The van der Waals surface area contributed by atoms with E-state index in [1.807, 2.05) is 0 Å². The number of nitrogens with zero attached hydrogens (tertiary/aromatic N) is 1. The molecule has 0 saturated carbocycles. The largest absolute Gasteiger partial charge is 0.338 e. The van der Waals surface area contributed by atoms with Crippen LogP contribution in [0.15, 0.2) is 24.3 Å². The maximum absolute atomic E-state index is 11.9. The van der Waals surface area contributed by atoms with E-state index >= 15 is 0 Å². The lowest BCUT2D eigenvalue weighted by atomic mass is 10.2. The zero-order valence-corrected chi connectivity index (χ0v) is 11.3. The van der Waals surface area contributed by atoms with Crippen molar-refractivity contribution < 1.29 is 4.79 Å². The molecular weight excluding hydrogens is 271 g/mol. The van der Waals surface area contributed by atoms with Gasteiger partial charge in [-0.05, 0) is 36.3 Å². The van der Waals surface area contributed by atoms with Gasteiger partial charge < -0.3 is 10.6 Å². The molecule has 1 aliphatic heterocycles. The molecular formula is C13H14Cl2N2O. The van der Waals surface area contributed by atoms with E-state index in [2.05, 4.69) is 0 Å². The first-order chi connectivity index (χ1) is 8.56. The summed E-state index contributed by atoms with van der Waals surface area (Å²) in [6.45, 7) is 1.33. The van der Waals surface area contributed by atoms with Crippen molar-refractivity contribution in [2.24, 2.45) is 5.73 Å². The van der Waals surface area contributed by atoms with Crippen LogP contribution in [0.3, 0.4) is 0 Å². The van der Waals surface area contributed by atoms with Crippen LogP contribution in [-0.2, 0) is 4.79 Å². The number of hydrogen-bond acceptors (Lipinski definition) is 2. The summed E-state index contributed by atoms with van der Waals surface area (Å²) in [5.74, 6) is -0.0426. The smallest absolute Gasteiger partial charge is 0.246 e. The number of carbonyl (C=O) groups is 1. The molecule has 0 aromatic heterocycles. The molecule has 1 aromatic rings. The SMILES string of the molecule is NC1CCN(C(=O)/C=C/c2cc(Cl)ccc2Cl)C1. The number of carbonyl (C=O) groups excluding carboxylic acids is 1. The molecule has 0 bridgehead atoms. The van der Waals surface area contributed by atoms with Gasteiger partial charge in [0.25, 0.3) is 0 Å². The van der Waals surface area contributed by atoms with Crippen LogP contribution in [0.25, 0.3) is 6.08 Å². The van der Waals surface area contributed by atoms with Crippen molar-refractivity contribution in [3.8, 4) is 0 Å². The van der Waals surface area contributed by atoms with Crippen LogP contribution in [0.4, 0.5) is 0 Å². The Bertz CT molecular complexity index is 488. The lowest BCUT2D eigenvalue weighted by Crippen LogP contribution is -2.30. The topological polar surface area (TPSA) is 46.3 Å². The van der Waals surface area contributed by atoms with Gasteiger partial charge in [-0.15, -0.1) is 0 Å². The molecule has 96 valence electrons. The van der Waals surface area contributed by atoms with Crippen molar-refractivity contribution in [1.29, 1.82) is 0 Å². The van der Waals surface area contributed by atoms with E-state index in [1.54, 1.807) is 29.2 Å². The average Bonchev–Trinajstić information content (AvgIpc) is 2.77. The van der Waals surface area contributed by atoms with Crippen molar-refractivity contribution in [2.75, 3.05) is 13.1 Å². The number of amides is 1. The lowest BCUT2D eigenvalue weighted by molar-refractivity contribution is -0.124. The molecule has 5 heteroatoms. The second-order valence-electron chi connectivity index (χ2n) is 4.33. The van der Waals surface area contributed by atoms with Crippen molar-refractivity contribution >= 4 is 35.2 Å². The van der Waals surface area contributed by atoms with Gasteiger partial charge in [-0.3, -0.25) is 4.79 Å². The lowest BCUT2D eigenvalue weighted by Gasteiger charge is -2.12. The van der Waals surface area contributed by atoms with Gasteiger partial charge in [0, 0.05) is 35.3 Å². The van der Waals surface area contributed by atoms with E-state index in [1.165, 1.54) is 6.08 Å². The molecule has 1 heterocycles. The Morgan fingerprint density at radius 2 is 2.22 bits per heavy atom. The molecule has 1 aromatic carbocycles. The first-order valence-corrected chi connectivity index (χ1v) is 6.49. The molecule has 1 saturated heterocycles. The molecule has 1 atom stereocenters. The van der Waals surface area contributed by atoms with E-state index in [0.717, 1.165) is 12.0 Å². The van der Waals surface area contributed by atoms with Gasteiger partial charge in [-0.25, -0.2) is 0 Å². The minimum Gasteiger partial charge on any atom is -0.338 e. The molecule has 3 nitrogen and oxygen atoms in total. The summed E-state index contributed by atoms with van der Waals surface area (Å²) in [6.07, 6.45) is 4.05. The van der Waals surface area contributed by atoms with E-state index < -0.39 is 0 Å². The maximum Gasteiger partial charge on any atom is 0.246 e. The molecule has 2 rings (SSSR count). The molecule has 0 radical (unpaired) electrons. The minimum atomic E-state index is -0.0426. The van der Waals surface area contributed by atoms with Crippen molar-refractivity contribution in [1.82, 2.24) is 4.90 Å². The van der Waals surface area contributed by atoms with Crippen molar-refractivity contribution in [3.63, 3.8) is 0 Å². The summed E-state index contributed by atoms with van der Waals surface area (Å²) in [5, 5.41) is 1.16. The fourth-order valence-electron chi connectivity index (χ4n) is 1.90. The maximum atomic E-state index is 11.9. The second kappa shape index (κ2) is 5.74. The molecule has 18 heavy (non-hydrogen) atoms.